The number of aryl methyl sites for hydroxylation is 2. The molecule has 158 valence electrons. The first kappa shape index (κ1) is 22.4. The van der Waals surface area contributed by atoms with Crippen molar-refractivity contribution in [2.45, 2.75) is 23.6 Å². The Hall–Kier alpha value is -2.26. The van der Waals surface area contributed by atoms with Crippen LogP contribution < -0.4 is 9.44 Å². The Balaban J connectivity index is 1.82. The van der Waals surface area contributed by atoms with Gasteiger partial charge in [0.25, 0.3) is 20.0 Å². The molecule has 2 N–H and O–H groups in total. The van der Waals surface area contributed by atoms with Crippen molar-refractivity contribution in [2.75, 3.05) is 9.44 Å². The van der Waals surface area contributed by atoms with Gasteiger partial charge in [0.2, 0.25) is 0 Å². The van der Waals surface area contributed by atoms with Crippen LogP contribution in [-0.4, -0.2) is 16.8 Å². The fourth-order valence-electron chi connectivity index (χ4n) is 2.74. The standard InChI is InChI=1S/C20H18Cl2N2O4S2/c1-13-3-4-14(2)20(9-13)30(27,28)23-17-5-7-19(8-6-17)29(25,26)24-18-11-15(21)10-16(22)12-18/h3-12,23-24H,1-2H3. The molecule has 0 radical (unpaired) electrons. The van der Waals surface area contributed by atoms with Crippen LogP contribution in [0.5, 0.6) is 0 Å². The number of sulfonamides is 2. The predicted octanol–water partition coefficient (Wildman–Crippen LogP) is 5.21. The van der Waals surface area contributed by atoms with E-state index in [0.29, 0.717) is 5.56 Å². The fourth-order valence-corrected chi connectivity index (χ4v) is 5.69. The molecule has 0 amide bonds. The lowest BCUT2D eigenvalue weighted by molar-refractivity contribution is 0.599. The Bertz CT molecular complexity index is 1290. The molecule has 0 saturated heterocycles. The number of rotatable bonds is 6. The second-order valence-electron chi connectivity index (χ2n) is 6.66. The monoisotopic (exact) mass is 484 g/mol. The van der Waals surface area contributed by atoms with Crippen LogP contribution in [0.2, 0.25) is 10.0 Å². The van der Waals surface area contributed by atoms with Crippen LogP contribution >= 0.6 is 23.2 Å². The Morgan fingerprint density at radius 3 is 1.83 bits per heavy atom. The highest BCUT2D eigenvalue weighted by atomic mass is 35.5. The lowest BCUT2D eigenvalue weighted by atomic mass is 10.2. The summed E-state index contributed by atoms with van der Waals surface area (Å²) in [7, 11) is -7.73. The van der Waals surface area contributed by atoms with Gasteiger partial charge >= 0.3 is 0 Å². The Kier molecular flexibility index (Phi) is 6.33. The van der Waals surface area contributed by atoms with Gasteiger partial charge in [0, 0.05) is 15.7 Å². The molecule has 0 aliphatic carbocycles. The second-order valence-corrected chi connectivity index (χ2v) is 10.9. The van der Waals surface area contributed by atoms with Crippen LogP contribution in [0.15, 0.2) is 70.5 Å². The summed E-state index contributed by atoms with van der Waals surface area (Å²) < 4.78 is 55.4. The van der Waals surface area contributed by atoms with Gasteiger partial charge in [0.05, 0.1) is 15.5 Å². The highest BCUT2D eigenvalue weighted by molar-refractivity contribution is 7.93. The van der Waals surface area contributed by atoms with E-state index in [1.54, 1.807) is 26.0 Å². The summed E-state index contributed by atoms with van der Waals surface area (Å²) in [5, 5.41) is 0.577. The van der Waals surface area contributed by atoms with Crippen molar-refractivity contribution in [1.82, 2.24) is 0 Å². The average Bonchev–Trinajstić information content (AvgIpc) is 2.62. The predicted molar refractivity (Wildman–Crippen MR) is 120 cm³/mol. The Morgan fingerprint density at radius 2 is 1.23 bits per heavy atom. The minimum absolute atomic E-state index is 0.0479. The van der Waals surface area contributed by atoms with Crippen LogP contribution in [0, 0.1) is 13.8 Å². The summed E-state index contributed by atoms with van der Waals surface area (Å²) in [6.45, 7) is 3.51. The highest BCUT2D eigenvalue weighted by Crippen LogP contribution is 2.26. The first-order valence-electron chi connectivity index (χ1n) is 8.65. The van der Waals surface area contributed by atoms with Crippen LogP contribution in [-0.2, 0) is 20.0 Å². The van der Waals surface area contributed by atoms with E-state index in [1.165, 1.54) is 42.5 Å². The normalized spacial score (nSPS) is 11.9. The maximum atomic E-state index is 12.7. The van der Waals surface area contributed by atoms with E-state index in [2.05, 4.69) is 9.44 Å². The minimum atomic E-state index is -3.92. The third-order valence-electron chi connectivity index (χ3n) is 4.16. The van der Waals surface area contributed by atoms with Gasteiger partial charge in [-0.1, -0.05) is 35.3 Å². The SMILES string of the molecule is Cc1ccc(C)c(S(=O)(=O)Nc2ccc(S(=O)(=O)Nc3cc(Cl)cc(Cl)c3)cc2)c1. The topological polar surface area (TPSA) is 92.3 Å². The Labute approximate surface area is 186 Å². The van der Waals surface area contributed by atoms with Crippen molar-refractivity contribution in [3.8, 4) is 0 Å². The number of anilines is 2. The number of benzene rings is 3. The van der Waals surface area contributed by atoms with Gasteiger partial charge in [-0.2, -0.15) is 0 Å². The third kappa shape index (κ3) is 5.26. The van der Waals surface area contributed by atoms with E-state index in [-0.39, 0.29) is 31.2 Å². The second kappa shape index (κ2) is 8.47. The number of hydrogen-bond donors (Lipinski definition) is 2. The van der Waals surface area contributed by atoms with E-state index in [4.69, 9.17) is 23.2 Å². The quantitative estimate of drug-likeness (QED) is 0.501. The van der Waals surface area contributed by atoms with E-state index < -0.39 is 20.0 Å². The summed E-state index contributed by atoms with van der Waals surface area (Å²) in [5.41, 5.74) is 1.87. The van der Waals surface area contributed by atoms with Crippen molar-refractivity contribution in [3.63, 3.8) is 0 Å². The zero-order chi connectivity index (χ0) is 22.1. The summed E-state index contributed by atoms with van der Waals surface area (Å²) in [6, 6.07) is 14.8. The molecule has 0 aromatic heterocycles. The first-order valence-corrected chi connectivity index (χ1v) is 12.4. The van der Waals surface area contributed by atoms with Crippen LogP contribution in [0.4, 0.5) is 11.4 Å². The van der Waals surface area contributed by atoms with Gasteiger partial charge in [0.15, 0.2) is 0 Å². The van der Waals surface area contributed by atoms with Crippen LogP contribution in [0.25, 0.3) is 0 Å². The fraction of sp³-hybridized carbons (Fsp3) is 0.100. The van der Waals surface area contributed by atoms with Crippen LogP contribution in [0.3, 0.4) is 0 Å². The van der Waals surface area contributed by atoms with Crippen molar-refractivity contribution >= 4 is 54.6 Å². The molecule has 0 saturated carbocycles. The molecule has 0 unspecified atom stereocenters. The van der Waals surface area contributed by atoms with Crippen molar-refractivity contribution in [1.29, 1.82) is 0 Å². The van der Waals surface area contributed by atoms with E-state index in [1.807, 2.05) is 6.07 Å². The molecule has 0 aliphatic heterocycles. The van der Waals surface area contributed by atoms with E-state index >= 15 is 0 Å². The summed E-state index contributed by atoms with van der Waals surface area (Å²) >= 11 is 11.8. The maximum absolute atomic E-state index is 12.7. The number of halogens is 2. The molecular formula is C20H18Cl2N2O4S2. The molecule has 3 aromatic carbocycles. The zero-order valence-electron chi connectivity index (χ0n) is 16.0. The molecule has 0 bridgehead atoms. The molecule has 0 aliphatic rings. The summed E-state index contributed by atoms with van der Waals surface area (Å²) in [4.78, 5) is 0.118. The molecule has 0 fully saturated rings. The van der Waals surface area contributed by atoms with Gasteiger partial charge in [-0.15, -0.1) is 0 Å². The molecule has 10 heteroatoms. The number of nitrogens with one attached hydrogen (secondary N) is 2. The molecular weight excluding hydrogens is 467 g/mol. The van der Waals surface area contributed by atoms with Crippen molar-refractivity contribution in [2.24, 2.45) is 0 Å². The van der Waals surface area contributed by atoms with Crippen LogP contribution in [0.1, 0.15) is 11.1 Å². The first-order chi connectivity index (χ1) is 14.0. The molecule has 0 atom stereocenters. The van der Waals surface area contributed by atoms with Gasteiger partial charge in [-0.25, -0.2) is 16.8 Å². The zero-order valence-corrected chi connectivity index (χ0v) is 19.1. The van der Waals surface area contributed by atoms with E-state index in [9.17, 15) is 16.8 Å². The lowest BCUT2D eigenvalue weighted by Crippen LogP contribution is -2.15. The molecule has 3 rings (SSSR count). The van der Waals surface area contributed by atoms with Gasteiger partial charge in [-0.05, 0) is 73.5 Å². The Morgan fingerprint density at radius 1 is 0.667 bits per heavy atom. The highest BCUT2D eigenvalue weighted by Gasteiger charge is 2.19. The number of hydrogen-bond acceptors (Lipinski definition) is 4. The van der Waals surface area contributed by atoms with Gasteiger partial charge in [-0.3, -0.25) is 9.44 Å². The van der Waals surface area contributed by atoms with E-state index in [0.717, 1.165) is 5.56 Å². The molecule has 6 nitrogen and oxygen atoms in total. The van der Waals surface area contributed by atoms with Crippen molar-refractivity contribution < 1.29 is 16.8 Å². The lowest BCUT2D eigenvalue weighted by Gasteiger charge is -2.12. The molecule has 0 heterocycles. The van der Waals surface area contributed by atoms with Crippen molar-refractivity contribution in [3.05, 3.63) is 81.8 Å². The van der Waals surface area contributed by atoms with Gasteiger partial charge in [0.1, 0.15) is 0 Å². The summed E-state index contributed by atoms with van der Waals surface area (Å²) in [6.07, 6.45) is 0. The summed E-state index contributed by atoms with van der Waals surface area (Å²) in [5.74, 6) is 0. The maximum Gasteiger partial charge on any atom is 0.262 e. The minimum Gasteiger partial charge on any atom is -0.280 e. The molecule has 0 spiro atoms. The van der Waals surface area contributed by atoms with Gasteiger partial charge < -0.3 is 0 Å². The third-order valence-corrected chi connectivity index (χ3v) is 7.52. The average molecular weight is 485 g/mol. The smallest absolute Gasteiger partial charge is 0.262 e. The molecule has 3 aromatic rings. The molecule has 30 heavy (non-hydrogen) atoms. The largest absolute Gasteiger partial charge is 0.280 e.